The maximum Gasteiger partial charge on any atom is 0.306 e. The van der Waals surface area contributed by atoms with Crippen molar-refractivity contribution in [2.75, 3.05) is 39.5 Å². The van der Waals surface area contributed by atoms with E-state index in [1.165, 1.54) is 180 Å². The summed E-state index contributed by atoms with van der Waals surface area (Å²) >= 11 is 0. The van der Waals surface area contributed by atoms with Crippen LogP contribution in [0.15, 0.2) is 0 Å². The van der Waals surface area contributed by atoms with Crippen LogP contribution in [-0.4, -0.2) is 61.4 Å². The molecule has 0 aromatic heterocycles. The third kappa shape index (κ3) is 41.4. The van der Waals surface area contributed by atoms with Gasteiger partial charge in [0.15, 0.2) is 0 Å². The first-order valence-corrected chi connectivity index (χ1v) is 25.6. The number of carbonyl (C=O) groups is 2. The molecule has 0 aliphatic rings. The first-order valence-electron chi connectivity index (χ1n) is 25.6. The van der Waals surface area contributed by atoms with Crippen LogP contribution in [0, 0.1) is 11.8 Å². The van der Waals surface area contributed by atoms with Crippen molar-refractivity contribution in [2.24, 2.45) is 11.8 Å². The number of aliphatic hydroxyl groups is 1. The highest BCUT2D eigenvalue weighted by Gasteiger charge is 2.16. The van der Waals surface area contributed by atoms with E-state index in [4.69, 9.17) is 9.47 Å². The molecular formula is C51H101NO5. The van der Waals surface area contributed by atoms with Gasteiger partial charge in [0, 0.05) is 19.4 Å². The monoisotopic (exact) mass is 808 g/mol. The zero-order chi connectivity index (χ0) is 41.7. The Morgan fingerprint density at radius 3 is 1.02 bits per heavy atom. The van der Waals surface area contributed by atoms with Crippen molar-refractivity contribution in [2.45, 2.75) is 265 Å². The van der Waals surface area contributed by atoms with E-state index in [9.17, 15) is 14.7 Å². The highest BCUT2D eigenvalue weighted by Crippen LogP contribution is 2.24. The minimum absolute atomic E-state index is 0.0225. The van der Waals surface area contributed by atoms with Gasteiger partial charge in [0.25, 0.3) is 0 Å². The molecule has 0 spiro atoms. The molecule has 0 saturated carbocycles. The summed E-state index contributed by atoms with van der Waals surface area (Å²) in [5, 5.41) is 9.24. The summed E-state index contributed by atoms with van der Waals surface area (Å²) in [5.74, 6) is 1.03. The van der Waals surface area contributed by atoms with Crippen LogP contribution in [0.5, 0.6) is 0 Å². The molecule has 0 radical (unpaired) electrons. The zero-order valence-electron chi connectivity index (χ0n) is 39.1. The summed E-state index contributed by atoms with van der Waals surface area (Å²) in [5.41, 5.74) is 0. The lowest BCUT2D eigenvalue weighted by Crippen LogP contribution is -2.27. The normalized spacial score (nSPS) is 12.7. The third-order valence-electron chi connectivity index (χ3n) is 12.2. The quantitative estimate of drug-likeness (QED) is 0.0487. The van der Waals surface area contributed by atoms with Crippen LogP contribution in [0.25, 0.3) is 0 Å². The summed E-state index contributed by atoms with van der Waals surface area (Å²) in [6.07, 6.45) is 43.8. The minimum atomic E-state index is 0.0225. The van der Waals surface area contributed by atoms with Gasteiger partial charge in [-0.1, -0.05) is 182 Å². The van der Waals surface area contributed by atoms with Crippen LogP contribution in [0.1, 0.15) is 265 Å². The average molecular weight is 808 g/mol. The number of nitrogens with zero attached hydrogens (tertiary/aromatic N) is 1. The van der Waals surface area contributed by atoms with Crippen LogP contribution in [-0.2, 0) is 19.1 Å². The molecule has 57 heavy (non-hydrogen) atoms. The van der Waals surface area contributed by atoms with E-state index < -0.39 is 0 Å². The largest absolute Gasteiger partial charge is 0.466 e. The van der Waals surface area contributed by atoms with Crippen LogP contribution >= 0.6 is 0 Å². The molecule has 0 amide bonds. The van der Waals surface area contributed by atoms with Crippen LogP contribution in [0.2, 0.25) is 0 Å². The molecular weight excluding hydrogens is 707 g/mol. The average Bonchev–Trinajstić information content (AvgIpc) is 3.20. The predicted molar refractivity (Wildman–Crippen MR) is 246 cm³/mol. The van der Waals surface area contributed by atoms with Crippen LogP contribution in [0.4, 0.5) is 0 Å². The minimum Gasteiger partial charge on any atom is -0.466 e. The summed E-state index contributed by atoms with van der Waals surface area (Å²) in [4.78, 5) is 28.1. The Bertz CT molecular complexity index is 761. The molecule has 340 valence electrons. The number of rotatable bonds is 47. The Morgan fingerprint density at radius 2 is 0.667 bits per heavy atom. The number of esters is 2. The van der Waals surface area contributed by atoms with Gasteiger partial charge in [0.1, 0.15) is 0 Å². The van der Waals surface area contributed by atoms with Gasteiger partial charge in [0.05, 0.1) is 13.2 Å². The Kier molecular flexibility index (Phi) is 45.0. The number of hydrogen-bond donors (Lipinski definition) is 1. The number of unbranched alkanes of at least 4 members (excludes halogenated alkanes) is 24. The van der Waals surface area contributed by atoms with Crippen molar-refractivity contribution in [1.82, 2.24) is 4.90 Å². The lowest BCUT2D eigenvalue weighted by atomic mass is 9.91. The van der Waals surface area contributed by atoms with Gasteiger partial charge in [0.2, 0.25) is 0 Å². The molecule has 0 aliphatic heterocycles. The van der Waals surface area contributed by atoms with Gasteiger partial charge in [-0.15, -0.1) is 0 Å². The number of aliphatic hydroxyl groups excluding tert-OH is 1. The number of hydrogen-bond acceptors (Lipinski definition) is 6. The second-order valence-corrected chi connectivity index (χ2v) is 17.8. The molecule has 2 unspecified atom stereocenters. The summed E-state index contributed by atoms with van der Waals surface area (Å²) in [7, 11) is 0. The molecule has 0 rings (SSSR count). The third-order valence-corrected chi connectivity index (χ3v) is 12.2. The Balaban J connectivity index is 4.35. The van der Waals surface area contributed by atoms with Crippen molar-refractivity contribution >= 4 is 11.9 Å². The van der Waals surface area contributed by atoms with E-state index >= 15 is 0 Å². The highest BCUT2D eigenvalue weighted by atomic mass is 16.5. The van der Waals surface area contributed by atoms with E-state index in [-0.39, 0.29) is 18.5 Å². The standard InChI is InChI=1S/C51H101NO5/c1-5-9-13-17-19-28-38-48(36-26-15-11-7-3)46-50(54)56-44-34-23-21-30-40-52(42-32-25-33-43-53)41-31-22-24-35-45-57-51(55)47-49(37-27-16-12-8-4)39-29-20-18-14-10-6-2/h48-49,53H,5-47H2,1-4H3. The fraction of sp³-hybridized carbons (Fsp3) is 0.961. The summed E-state index contributed by atoms with van der Waals surface area (Å²) in [6, 6.07) is 0. The predicted octanol–water partition coefficient (Wildman–Crippen LogP) is 15.1. The molecule has 0 aromatic carbocycles. The Morgan fingerprint density at radius 1 is 0.386 bits per heavy atom. The molecule has 1 N–H and O–H groups in total. The van der Waals surface area contributed by atoms with Crippen molar-refractivity contribution in [1.29, 1.82) is 0 Å². The molecule has 0 saturated heterocycles. The van der Waals surface area contributed by atoms with Crippen molar-refractivity contribution < 1.29 is 24.2 Å². The van der Waals surface area contributed by atoms with E-state index in [0.717, 1.165) is 64.6 Å². The molecule has 0 fully saturated rings. The fourth-order valence-electron chi connectivity index (χ4n) is 8.35. The summed E-state index contributed by atoms with van der Waals surface area (Å²) < 4.78 is 11.5. The van der Waals surface area contributed by atoms with E-state index in [1.807, 2.05) is 0 Å². The Hall–Kier alpha value is -1.14. The van der Waals surface area contributed by atoms with E-state index in [1.54, 1.807) is 0 Å². The number of ether oxygens (including phenoxy) is 2. The molecule has 0 heterocycles. The molecule has 0 bridgehead atoms. The van der Waals surface area contributed by atoms with Crippen molar-refractivity contribution in [3.05, 3.63) is 0 Å². The van der Waals surface area contributed by atoms with Crippen molar-refractivity contribution in [3.63, 3.8) is 0 Å². The smallest absolute Gasteiger partial charge is 0.306 e. The first-order chi connectivity index (χ1) is 28.0. The van der Waals surface area contributed by atoms with Gasteiger partial charge in [-0.3, -0.25) is 9.59 Å². The van der Waals surface area contributed by atoms with Gasteiger partial charge < -0.3 is 19.5 Å². The van der Waals surface area contributed by atoms with Crippen LogP contribution < -0.4 is 0 Å². The van der Waals surface area contributed by atoms with Crippen LogP contribution in [0.3, 0.4) is 0 Å². The molecule has 6 nitrogen and oxygen atoms in total. The number of carbonyl (C=O) groups excluding carboxylic acids is 2. The van der Waals surface area contributed by atoms with Gasteiger partial charge >= 0.3 is 11.9 Å². The molecule has 0 aliphatic carbocycles. The lowest BCUT2D eigenvalue weighted by Gasteiger charge is -2.22. The topological polar surface area (TPSA) is 76.1 Å². The molecule has 6 heteroatoms. The van der Waals surface area contributed by atoms with Gasteiger partial charge in [-0.2, -0.15) is 0 Å². The SMILES string of the molecule is CCCCCCCCC(CCCCCC)CC(=O)OCCCCCCN(CCCCCO)CCCCCCOC(=O)CC(CCCCCC)CCCCCCCC. The van der Waals surface area contributed by atoms with Crippen molar-refractivity contribution in [3.8, 4) is 0 Å². The molecule has 2 atom stereocenters. The van der Waals surface area contributed by atoms with Gasteiger partial charge in [-0.25, -0.2) is 0 Å². The Labute approximate surface area is 356 Å². The second kappa shape index (κ2) is 45.9. The highest BCUT2D eigenvalue weighted by molar-refractivity contribution is 5.70. The fourth-order valence-corrected chi connectivity index (χ4v) is 8.35. The second-order valence-electron chi connectivity index (χ2n) is 17.8. The maximum absolute atomic E-state index is 12.7. The van der Waals surface area contributed by atoms with E-state index in [2.05, 4.69) is 32.6 Å². The zero-order valence-corrected chi connectivity index (χ0v) is 39.1. The summed E-state index contributed by atoms with van der Waals surface area (Å²) in [6.45, 7) is 13.8. The lowest BCUT2D eigenvalue weighted by molar-refractivity contribution is -0.146. The first kappa shape index (κ1) is 55.9. The maximum atomic E-state index is 12.7. The van der Waals surface area contributed by atoms with E-state index in [0.29, 0.717) is 37.9 Å². The molecule has 0 aromatic rings. The van der Waals surface area contributed by atoms with Gasteiger partial charge in [-0.05, 0) is 102 Å².